The van der Waals surface area contributed by atoms with Gasteiger partial charge in [-0.25, -0.2) is 4.79 Å². The van der Waals surface area contributed by atoms with Crippen molar-refractivity contribution in [3.8, 4) is 6.01 Å². The molecular formula is C24H28N6O6. The number of rotatable bonds is 5. The van der Waals surface area contributed by atoms with E-state index in [1.54, 1.807) is 10.6 Å². The molecule has 190 valence electrons. The monoisotopic (exact) mass is 496 g/mol. The van der Waals surface area contributed by atoms with Crippen molar-refractivity contribution in [2.24, 2.45) is 0 Å². The molecule has 2 aliphatic rings. The van der Waals surface area contributed by atoms with Gasteiger partial charge in [0.25, 0.3) is 0 Å². The highest BCUT2D eigenvalue weighted by molar-refractivity contribution is 6.04. The van der Waals surface area contributed by atoms with E-state index in [1.807, 2.05) is 45.2 Å². The molecule has 1 fully saturated rings. The summed E-state index contributed by atoms with van der Waals surface area (Å²) in [4.78, 5) is 47.8. The third-order valence-corrected chi connectivity index (χ3v) is 7.18. The molecule has 5 rings (SSSR count). The highest BCUT2D eigenvalue weighted by atomic mass is 16.6. The zero-order chi connectivity index (χ0) is 25.8. The average molecular weight is 497 g/mol. The normalized spacial score (nSPS) is 23.3. The number of carbonyl (C=O) groups is 2. The van der Waals surface area contributed by atoms with Crippen LogP contribution in [0, 0.1) is 10.1 Å². The maximum atomic E-state index is 13.9. The average Bonchev–Trinajstić information content (AvgIpc) is 3.52. The molecule has 0 radical (unpaired) electrons. The van der Waals surface area contributed by atoms with Gasteiger partial charge < -0.3 is 24.6 Å². The number of methoxy groups -OCH3 is 1. The van der Waals surface area contributed by atoms with E-state index in [1.165, 1.54) is 18.2 Å². The zero-order valence-corrected chi connectivity index (χ0v) is 20.6. The number of H-pyrrole nitrogens is 1. The van der Waals surface area contributed by atoms with Crippen LogP contribution < -0.4 is 4.74 Å². The van der Waals surface area contributed by atoms with Crippen molar-refractivity contribution in [1.29, 1.82) is 0 Å². The fourth-order valence-corrected chi connectivity index (χ4v) is 5.39. The van der Waals surface area contributed by atoms with Gasteiger partial charge in [0.1, 0.15) is 17.8 Å². The molecule has 36 heavy (non-hydrogen) atoms. The van der Waals surface area contributed by atoms with Crippen molar-refractivity contribution >= 4 is 28.6 Å². The summed E-state index contributed by atoms with van der Waals surface area (Å²) in [6.45, 7) is 7.36. The lowest BCUT2D eigenvalue weighted by Crippen LogP contribution is -2.70. The Balaban J connectivity index is 1.43. The van der Waals surface area contributed by atoms with Crippen LogP contribution in [0.15, 0.2) is 36.7 Å². The molecule has 2 aliphatic heterocycles. The predicted molar refractivity (Wildman–Crippen MR) is 129 cm³/mol. The molecule has 1 N–H and O–H groups in total. The second-order valence-electron chi connectivity index (χ2n) is 10.1. The van der Waals surface area contributed by atoms with Gasteiger partial charge in [-0.05, 0) is 50.0 Å². The van der Waals surface area contributed by atoms with Crippen LogP contribution >= 0.6 is 0 Å². The number of nitrogens with one attached hydrogen (secondary N) is 1. The maximum Gasteiger partial charge on any atom is 0.415 e. The van der Waals surface area contributed by atoms with Gasteiger partial charge in [0, 0.05) is 52.8 Å². The van der Waals surface area contributed by atoms with Crippen molar-refractivity contribution < 1.29 is 24.0 Å². The Morgan fingerprint density at radius 3 is 2.75 bits per heavy atom. The van der Waals surface area contributed by atoms with Gasteiger partial charge in [0.15, 0.2) is 5.78 Å². The van der Waals surface area contributed by atoms with E-state index in [0.717, 1.165) is 10.9 Å². The van der Waals surface area contributed by atoms with Gasteiger partial charge in [0.05, 0.1) is 13.7 Å². The van der Waals surface area contributed by atoms with Crippen molar-refractivity contribution in [2.75, 3.05) is 26.7 Å². The standard InChI is InChI=1S/C24H28N6O6/c1-23(2)20(19(31)16-5-6-17-15(11-16)7-8-25-17)29(22(32)35-4)10-9-28(23)14-24(3)13-27-12-18(30(33)34)26-21(27)36-24/h5-8,11-12,20,25H,9-10,13-14H2,1-4H3/t20?,24-/m1/s1. The molecule has 1 amide bonds. The molecule has 0 bridgehead atoms. The molecule has 12 nitrogen and oxygen atoms in total. The Morgan fingerprint density at radius 1 is 1.28 bits per heavy atom. The molecule has 12 heteroatoms. The minimum absolute atomic E-state index is 0.181. The first-order valence-electron chi connectivity index (χ1n) is 11.6. The number of nitro groups is 1. The number of hydrogen-bond acceptors (Lipinski definition) is 8. The van der Waals surface area contributed by atoms with E-state index in [9.17, 15) is 19.7 Å². The number of amides is 1. The Hall–Kier alpha value is -3.93. The molecule has 2 aromatic heterocycles. The smallest absolute Gasteiger partial charge is 0.415 e. The van der Waals surface area contributed by atoms with Gasteiger partial charge >= 0.3 is 17.9 Å². The van der Waals surface area contributed by atoms with E-state index in [4.69, 9.17) is 9.47 Å². The minimum Gasteiger partial charge on any atom is -0.453 e. The molecule has 2 atom stereocenters. The van der Waals surface area contributed by atoms with Gasteiger partial charge in [-0.3, -0.25) is 19.2 Å². The van der Waals surface area contributed by atoms with Crippen LogP contribution in [0.1, 0.15) is 31.1 Å². The van der Waals surface area contributed by atoms with Crippen LogP contribution in [-0.2, 0) is 11.3 Å². The van der Waals surface area contributed by atoms with Crippen molar-refractivity contribution in [3.05, 3.63) is 52.3 Å². The van der Waals surface area contributed by atoms with Crippen molar-refractivity contribution in [2.45, 2.75) is 44.5 Å². The molecule has 0 aliphatic carbocycles. The lowest BCUT2D eigenvalue weighted by Gasteiger charge is -2.53. The van der Waals surface area contributed by atoms with Crippen LogP contribution in [0.25, 0.3) is 10.9 Å². The lowest BCUT2D eigenvalue weighted by molar-refractivity contribution is -0.389. The van der Waals surface area contributed by atoms with Gasteiger partial charge in [0.2, 0.25) is 0 Å². The highest BCUT2D eigenvalue weighted by Crippen LogP contribution is 2.36. The third kappa shape index (κ3) is 3.87. The Labute approximate surface area is 206 Å². The van der Waals surface area contributed by atoms with E-state index in [0.29, 0.717) is 31.7 Å². The summed E-state index contributed by atoms with van der Waals surface area (Å²) in [6.07, 6.45) is 2.62. The van der Waals surface area contributed by atoms with Crippen LogP contribution in [0.3, 0.4) is 0 Å². The van der Waals surface area contributed by atoms with Crippen molar-refractivity contribution in [1.82, 2.24) is 24.3 Å². The molecule has 1 unspecified atom stereocenters. The van der Waals surface area contributed by atoms with Crippen LogP contribution in [0.5, 0.6) is 6.01 Å². The molecular weight excluding hydrogens is 468 g/mol. The number of hydrogen-bond donors (Lipinski definition) is 1. The van der Waals surface area contributed by atoms with Crippen LogP contribution in [0.4, 0.5) is 10.6 Å². The lowest BCUT2D eigenvalue weighted by atomic mass is 9.82. The molecule has 1 saturated heterocycles. The second kappa shape index (κ2) is 8.33. The van der Waals surface area contributed by atoms with Crippen LogP contribution in [-0.4, -0.2) is 85.1 Å². The minimum atomic E-state index is -0.807. The summed E-state index contributed by atoms with van der Waals surface area (Å²) in [6, 6.07) is 6.73. The van der Waals surface area contributed by atoms with E-state index in [-0.39, 0.29) is 17.6 Å². The fraction of sp³-hybridized carbons (Fsp3) is 0.458. The maximum absolute atomic E-state index is 13.9. The largest absolute Gasteiger partial charge is 0.453 e. The zero-order valence-electron chi connectivity index (χ0n) is 20.6. The summed E-state index contributed by atoms with van der Waals surface area (Å²) in [7, 11) is 1.31. The first kappa shape index (κ1) is 23.8. The number of Topliss-reactive ketones (excluding diaryl/α,β-unsaturated/α-hetero) is 1. The van der Waals surface area contributed by atoms with Crippen LogP contribution in [0.2, 0.25) is 0 Å². The van der Waals surface area contributed by atoms with Gasteiger partial charge in [-0.2, -0.15) is 0 Å². The number of piperazine rings is 1. The molecule has 0 spiro atoms. The number of nitrogens with zero attached hydrogens (tertiary/aromatic N) is 5. The van der Waals surface area contributed by atoms with Gasteiger partial charge in [-0.1, -0.05) is 0 Å². The summed E-state index contributed by atoms with van der Waals surface area (Å²) < 4.78 is 12.7. The van der Waals surface area contributed by atoms with E-state index in [2.05, 4.69) is 14.9 Å². The summed E-state index contributed by atoms with van der Waals surface area (Å²) in [5, 5.41) is 12.0. The van der Waals surface area contributed by atoms with Gasteiger partial charge in [-0.15, -0.1) is 0 Å². The number of benzene rings is 1. The summed E-state index contributed by atoms with van der Waals surface area (Å²) in [5.41, 5.74) is -0.0731. The topological polar surface area (TPSA) is 136 Å². The number of imidazole rings is 1. The predicted octanol–water partition coefficient (Wildman–Crippen LogP) is 2.84. The number of aromatic amines is 1. The first-order chi connectivity index (χ1) is 17.0. The number of carbonyl (C=O) groups excluding carboxylic acids is 2. The second-order valence-corrected chi connectivity index (χ2v) is 10.1. The fourth-order valence-electron chi connectivity index (χ4n) is 5.39. The number of aromatic nitrogens is 3. The molecule has 3 aromatic rings. The quantitative estimate of drug-likeness (QED) is 0.324. The Morgan fingerprint density at radius 2 is 2.06 bits per heavy atom. The SMILES string of the molecule is COC(=O)N1CCN(C[C@@]2(C)Cn3cc([N+](=O)[O-])nc3O2)C(C)(C)C1C(=O)c1ccc2[nH]ccc2c1. The first-order valence-corrected chi connectivity index (χ1v) is 11.6. The third-order valence-electron chi connectivity index (χ3n) is 7.18. The Bertz CT molecular complexity index is 1340. The summed E-state index contributed by atoms with van der Waals surface area (Å²) >= 11 is 0. The Kier molecular flexibility index (Phi) is 5.51. The van der Waals surface area contributed by atoms with Crippen molar-refractivity contribution in [3.63, 3.8) is 0 Å². The van der Waals surface area contributed by atoms with E-state index < -0.39 is 28.2 Å². The molecule has 0 saturated carbocycles. The number of ketones is 1. The highest BCUT2D eigenvalue weighted by Gasteiger charge is 2.52. The number of fused-ring (bicyclic) bond motifs is 2. The number of ether oxygens (including phenoxy) is 2. The van der Waals surface area contributed by atoms with E-state index >= 15 is 0 Å². The molecule has 1 aromatic carbocycles. The molecule has 4 heterocycles. The summed E-state index contributed by atoms with van der Waals surface area (Å²) in [5.74, 6) is -0.441.